The molecule has 1 aliphatic rings. The zero-order valence-electron chi connectivity index (χ0n) is 13.5. The zero-order chi connectivity index (χ0) is 18.0. The van der Waals surface area contributed by atoms with Crippen molar-refractivity contribution in [2.75, 3.05) is 0 Å². The molecule has 2 atom stereocenters. The third kappa shape index (κ3) is 3.67. The minimum Gasteiger partial charge on any atom is -0.295 e. The summed E-state index contributed by atoms with van der Waals surface area (Å²) in [7, 11) is 0. The van der Waals surface area contributed by atoms with Gasteiger partial charge in [-0.15, -0.1) is 0 Å². The lowest BCUT2D eigenvalue weighted by Gasteiger charge is -2.25. The van der Waals surface area contributed by atoms with Gasteiger partial charge < -0.3 is 0 Å². The van der Waals surface area contributed by atoms with Crippen molar-refractivity contribution < 1.29 is 19.2 Å². The maximum atomic E-state index is 13.4. The van der Waals surface area contributed by atoms with E-state index in [1.807, 2.05) is 24.3 Å². The van der Waals surface area contributed by atoms with Crippen LogP contribution in [0.5, 0.6) is 0 Å². The Morgan fingerprint density at radius 3 is 2.72 bits per heavy atom. The molecule has 25 heavy (non-hydrogen) atoms. The Labute approximate surface area is 148 Å². The maximum absolute atomic E-state index is 13.4. The van der Waals surface area contributed by atoms with Crippen LogP contribution in [0.15, 0.2) is 47.4 Å². The minimum absolute atomic E-state index is 0.148. The molecular weight excluding hydrogens is 343 g/mol. The van der Waals surface area contributed by atoms with Gasteiger partial charge in [0.25, 0.3) is 0 Å². The van der Waals surface area contributed by atoms with Crippen LogP contribution in [0.1, 0.15) is 29.5 Å². The molecule has 7 heteroatoms. The number of hydrogen-bond donors (Lipinski definition) is 3. The van der Waals surface area contributed by atoms with Crippen LogP contribution in [-0.4, -0.2) is 17.0 Å². The van der Waals surface area contributed by atoms with Crippen LogP contribution in [0.2, 0.25) is 0 Å². The van der Waals surface area contributed by atoms with Crippen molar-refractivity contribution in [1.29, 1.82) is 0 Å². The molecule has 0 fully saturated rings. The predicted octanol–water partition coefficient (Wildman–Crippen LogP) is 2.78. The van der Waals surface area contributed by atoms with E-state index in [4.69, 9.17) is 5.21 Å². The molecule has 0 aromatic heterocycles. The molecule has 0 spiro atoms. The number of halogens is 1. The molecule has 5 nitrogen and oxygen atoms in total. The molecule has 3 rings (SSSR count). The standard InChI is InChI=1S/C18H17FN2O3S/c1-10(17(22)20-24)8-11-2-4-12(5-3-11)16-14-7-6-13(19)9-15(14)25-21-18(16)23/h2-7,9-10,16,24H,8H2,1H3,(H,20,22)(H,21,23). The van der Waals surface area contributed by atoms with Crippen molar-refractivity contribution in [3.8, 4) is 0 Å². The quantitative estimate of drug-likeness (QED) is 0.445. The molecule has 2 amide bonds. The summed E-state index contributed by atoms with van der Waals surface area (Å²) >= 11 is 1.12. The molecule has 0 bridgehead atoms. The molecule has 0 aliphatic carbocycles. The molecule has 0 saturated carbocycles. The Balaban J connectivity index is 1.85. The molecule has 2 aromatic carbocycles. The number of fused-ring (bicyclic) bond motifs is 1. The van der Waals surface area contributed by atoms with Gasteiger partial charge in [-0.05, 0) is 47.2 Å². The Kier molecular flexibility index (Phi) is 5.06. The molecule has 3 N–H and O–H groups in total. The molecular formula is C18H17FN2O3S. The fourth-order valence-corrected chi connectivity index (χ4v) is 3.68. The van der Waals surface area contributed by atoms with E-state index in [1.54, 1.807) is 18.5 Å². The lowest BCUT2D eigenvalue weighted by molar-refractivity contribution is -0.132. The lowest BCUT2D eigenvalue weighted by Crippen LogP contribution is -2.29. The SMILES string of the molecule is CC(Cc1ccc(C2C(=O)NSc3cc(F)ccc32)cc1)C(=O)NO. The van der Waals surface area contributed by atoms with Gasteiger partial charge in [0.2, 0.25) is 11.8 Å². The van der Waals surface area contributed by atoms with E-state index in [1.165, 1.54) is 12.1 Å². The number of hydroxylamine groups is 1. The third-order valence-corrected chi connectivity index (χ3v) is 5.10. The summed E-state index contributed by atoms with van der Waals surface area (Å²) < 4.78 is 16.1. The van der Waals surface area contributed by atoms with Gasteiger partial charge in [-0.2, -0.15) is 0 Å². The number of carbonyl (C=O) groups excluding carboxylic acids is 2. The normalized spacial score (nSPS) is 17.4. The van der Waals surface area contributed by atoms with Crippen molar-refractivity contribution in [3.05, 3.63) is 65.0 Å². The first kappa shape index (κ1) is 17.4. The van der Waals surface area contributed by atoms with E-state index in [0.717, 1.165) is 28.6 Å². The second-order valence-electron chi connectivity index (χ2n) is 6.01. The highest BCUT2D eigenvalue weighted by Gasteiger charge is 2.30. The predicted molar refractivity (Wildman–Crippen MR) is 91.5 cm³/mol. The Bertz CT molecular complexity index is 810. The average molecular weight is 360 g/mol. The third-order valence-electron chi connectivity index (χ3n) is 4.22. The summed E-state index contributed by atoms with van der Waals surface area (Å²) in [5.41, 5.74) is 4.14. The van der Waals surface area contributed by atoms with Gasteiger partial charge in [-0.3, -0.25) is 19.5 Å². The van der Waals surface area contributed by atoms with Gasteiger partial charge >= 0.3 is 0 Å². The van der Waals surface area contributed by atoms with Crippen LogP contribution in [0.4, 0.5) is 4.39 Å². The Morgan fingerprint density at radius 2 is 2.04 bits per heavy atom. The fourth-order valence-electron chi connectivity index (χ4n) is 2.87. The van der Waals surface area contributed by atoms with Crippen molar-refractivity contribution >= 4 is 23.8 Å². The van der Waals surface area contributed by atoms with Gasteiger partial charge in [-0.25, -0.2) is 9.87 Å². The van der Waals surface area contributed by atoms with Crippen LogP contribution >= 0.6 is 11.9 Å². The van der Waals surface area contributed by atoms with Crippen LogP contribution < -0.4 is 10.2 Å². The second kappa shape index (κ2) is 7.25. The highest BCUT2D eigenvalue weighted by molar-refractivity contribution is 7.98. The summed E-state index contributed by atoms with van der Waals surface area (Å²) in [4.78, 5) is 24.4. The number of nitrogens with one attached hydrogen (secondary N) is 2. The van der Waals surface area contributed by atoms with Gasteiger partial charge in [0.05, 0.1) is 5.92 Å². The van der Waals surface area contributed by atoms with Crippen LogP contribution in [0.25, 0.3) is 0 Å². The summed E-state index contributed by atoms with van der Waals surface area (Å²) in [6.07, 6.45) is 0.473. The molecule has 0 saturated heterocycles. The highest BCUT2D eigenvalue weighted by Crippen LogP contribution is 2.37. The summed E-state index contributed by atoms with van der Waals surface area (Å²) in [5.74, 6) is -1.79. The summed E-state index contributed by atoms with van der Waals surface area (Å²) in [6.45, 7) is 1.72. The average Bonchev–Trinajstić information content (AvgIpc) is 2.62. The van der Waals surface area contributed by atoms with Gasteiger partial charge in [0, 0.05) is 10.8 Å². The largest absolute Gasteiger partial charge is 0.295 e. The number of benzene rings is 2. The summed E-state index contributed by atoms with van der Waals surface area (Å²) in [5, 5.41) is 8.67. The van der Waals surface area contributed by atoms with Crippen LogP contribution in [0, 0.1) is 11.7 Å². The number of rotatable bonds is 4. The Hall–Kier alpha value is -2.38. The number of hydrogen-bond acceptors (Lipinski definition) is 4. The van der Waals surface area contributed by atoms with Gasteiger partial charge in [0.1, 0.15) is 5.82 Å². The molecule has 2 aromatic rings. The van der Waals surface area contributed by atoms with E-state index >= 15 is 0 Å². The smallest absolute Gasteiger partial charge is 0.246 e. The van der Waals surface area contributed by atoms with Gasteiger partial charge in [0.15, 0.2) is 0 Å². The molecule has 2 unspecified atom stereocenters. The first-order chi connectivity index (χ1) is 12.0. The lowest BCUT2D eigenvalue weighted by atomic mass is 9.89. The van der Waals surface area contributed by atoms with Crippen molar-refractivity contribution in [2.45, 2.75) is 24.2 Å². The topological polar surface area (TPSA) is 78.4 Å². The maximum Gasteiger partial charge on any atom is 0.246 e. The summed E-state index contributed by atoms with van der Waals surface area (Å²) in [6, 6.07) is 11.8. The van der Waals surface area contributed by atoms with E-state index in [0.29, 0.717) is 11.3 Å². The molecule has 1 aliphatic heterocycles. The van der Waals surface area contributed by atoms with Crippen LogP contribution in [-0.2, 0) is 16.0 Å². The monoisotopic (exact) mass is 360 g/mol. The zero-order valence-corrected chi connectivity index (χ0v) is 14.3. The van der Waals surface area contributed by atoms with E-state index < -0.39 is 11.8 Å². The van der Waals surface area contributed by atoms with Crippen LogP contribution in [0.3, 0.4) is 0 Å². The number of amides is 2. The van der Waals surface area contributed by atoms with Gasteiger partial charge in [-0.1, -0.05) is 37.3 Å². The molecule has 130 valence electrons. The van der Waals surface area contributed by atoms with E-state index in [2.05, 4.69) is 4.72 Å². The highest BCUT2D eigenvalue weighted by atomic mass is 32.2. The number of carbonyl (C=O) groups is 2. The first-order valence-electron chi connectivity index (χ1n) is 7.78. The minimum atomic E-state index is -0.496. The van der Waals surface area contributed by atoms with Crippen molar-refractivity contribution in [2.24, 2.45) is 5.92 Å². The fraction of sp³-hybridized carbons (Fsp3) is 0.222. The molecule has 1 heterocycles. The van der Waals surface area contributed by atoms with Crippen molar-refractivity contribution in [1.82, 2.24) is 10.2 Å². The Morgan fingerprint density at radius 1 is 1.32 bits per heavy atom. The van der Waals surface area contributed by atoms with E-state index in [-0.39, 0.29) is 17.6 Å². The van der Waals surface area contributed by atoms with Crippen molar-refractivity contribution in [3.63, 3.8) is 0 Å². The first-order valence-corrected chi connectivity index (χ1v) is 8.60. The molecule has 0 radical (unpaired) electrons. The van der Waals surface area contributed by atoms with E-state index in [9.17, 15) is 14.0 Å². The second-order valence-corrected chi connectivity index (χ2v) is 6.85.